The van der Waals surface area contributed by atoms with Gasteiger partial charge in [0.1, 0.15) is 0 Å². The molecule has 0 bridgehead atoms. The van der Waals surface area contributed by atoms with Crippen LogP contribution in [0.5, 0.6) is 0 Å². The second kappa shape index (κ2) is 5.69. The SMILES string of the molecule is CCS(=O)(=O)N1CCC2(CC1)CN(C(C)=O)C[C@]21CCN(C)C1=O. The summed E-state index contributed by atoms with van der Waals surface area (Å²) in [5.41, 5.74) is -0.824. The molecular weight excluding hydrogens is 330 g/mol. The minimum Gasteiger partial charge on any atom is -0.345 e. The van der Waals surface area contributed by atoms with Crippen LogP contribution >= 0.6 is 0 Å². The van der Waals surface area contributed by atoms with Crippen LogP contribution in [0.25, 0.3) is 0 Å². The predicted molar refractivity (Wildman–Crippen MR) is 89.6 cm³/mol. The minimum atomic E-state index is -3.20. The lowest BCUT2D eigenvalue weighted by atomic mass is 9.60. The fourth-order valence-corrected chi connectivity index (χ4v) is 5.98. The van der Waals surface area contributed by atoms with Gasteiger partial charge in [-0.15, -0.1) is 0 Å². The summed E-state index contributed by atoms with van der Waals surface area (Å²) in [5, 5.41) is 0. The summed E-state index contributed by atoms with van der Waals surface area (Å²) in [7, 11) is -1.38. The van der Waals surface area contributed by atoms with Gasteiger partial charge in [0.25, 0.3) is 0 Å². The third kappa shape index (κ3) is 2.37. The Morgan fingerprint density at radius 2 is 1.75 bits per heavy atom. The topological polar surface area (TPSA) is 78.0 Å². The van der Waals surface area contributed by atoms with Crippen LogP contribution in [0.15, 0.2) is 0 Å². The smallest absolute Gasteiger partial charge is 0.231 e. The minimum absolute atomic E-state index is 0.00258. The number of likely N-dealkylation sites (tertiary alicyclic amines) is 2. The Morgan fingerprint density at radius 3 is 2.21 bits per heavy atom. The highest BCUT2D eigenvalue weighted by molar-refractivity contribution is 7.89. The highest BCUT2D eigenvalue weighted by Crippen LogP contribution is 2.57. The van der Waals surface area contributed by atoms with E-state index in [1.54, 1.807) is 28.0 Å². The molecule has 7 nitrogen and oxygen atoms in total. The molecule has 3 aliphatic rings. The lowest BCUT2D eigenvalue weighted by Gasteiger charge is -2.46. The number of carbonyl (C=O) groups excluding carboxylic acids is 2. The van der Waals surface area contributed by atoms with E-state index < -0.39 is 15.4 Å². The molecule has 0 unspecified atom stereocenters. The van der Waals surface area contributed by atoms with Gasteiger partial charge < -0.3 is 9.80 Å². The molecule has 2 amide bonds. The molecule has 3 rings (SSSR count). The molecule has 0 N–H and O–H groups in total. The zero-order chi connectivity index (χ0) is 17.8. The Morgan fingerprint density at radius 1 is 1.12 bits per heavy atom. The van der Waals surface area contributed by atoms with Crippen LogP contribution in [-0.4, -0.2) is 79.9 Å². The quantitative estimate of drug-likeness (QED) is 0.704. The fourth-order valence-electron chi connectivity index (χ4n) is 4.87. The van der Waals surface area contributed by atoms with Crippen LogP contribution in [0.2, 0.25) is 0 Å². The van der Waals surface area contributed by atoms with Crippen molar-refractivity contribution in [2.45, 2.75) is 33.1 Å². The van der Waals surface area contributed by atoms with Crippen molar-refractivity contribution in [2.75, 3.05) is 45.5 Å². The van der Waals surface area contributed by atoms with Crippen molar-refractivity contribution in [3.8, 4) is 0 Å². The second-order valence-corrected chi connectivity index (χ2v) is 9.77. The molecule has 0 radical (unpaired) electrons. The first-order valence-electron chi connectivity index (χ1n) is 8.66. The van der Waals surface area contributed by atoms with Gasteiger partial charge >= 0.3 is 0 Å². The summed E-state index contributed by atoms with van der Waals surface area (Å²) in [5.74, 6) is 0.224. The first-order valence-corrected chi connectivity index (χ1v) is 10.3. The van der Waals surface area contributed by atoms with Crippen LogP contribution in [0.4, 0.5) is 0 Å². The van der Waals surface area contributed by atoms with E-state index in [-0.39, 0.29) is 23.0 Å². The van der Waals surface area contributed by atoms with Crippen LogP contribution in [0, 0.1) is 10.8 Å². The van der Waals surface area contributed by atoms with Crippen molar-refractivity contribution >= 4 is 21.8 Å². The zero-order valence-corrected chi connectivity index (χ0v) is 15.6. The largest absolute Gasteiger partial charge is 0.345 e. The maximum absolute atomic E-state index is 13.0. The molecular formula is C16H27N3O4S. The summed E-state index contributed by atoms with van der Waals surface area (Å²) in [6.45, 7) is 5.86. The normalized spacial score (nSPS) is 30.7. The van der Waals surface area contributed by atoms with E-state index in [4.69, 9.17) is 0 Å². The van der Waals surface area contributed by atoms with Crippen molar-refractivity contribution in [3.05, 3.63) is 0 Å². The summed E-state index contributed by atoms with van der Waals surface area (Å²) >= 11 is 0. The van der Waals surface area contributed by atoms with Crippen molar-refractivity contribution in [3.63, 3.8) is 0 Å². The van der Waals surface area contributed by atoms with Gasteiger partial charge in [-0.3, -0.25) is 9.59 Å². The van der Waals surface area contributed by atoms with E-state index >= 15 is 0 Å². The molecule has 3 aliphatic heterocycles. The molecule has 0 saturated carbocycles. The van der Waals surface area contributed by atoms with E-state index in [0.717, 1.165) is 6.42 Å². The Labute approximate surface area is 144 Å². The molecule has 8 heteroatoms. The van der Waals surface area contributed by atoms with Gasteiger partial charge in [-0.1, -0.05) is 0 Å². The summed E-state index contributed by atoms with van der Waals surface area (Å²) in [6, 6.07) is 0. The Balaban J connectivity index is 1.91. The number of carbonyl (C=O) groups is 2. The average molecular weight is 357 g/mol. The van der Waals surface area contributed by atoms with Gasteiger partial charge in [0.05, 0.1) is 11.2 Å². The standard InChI is InChI=1S/C16H27N3O4S/c1-4-24(22,23)19-9-5-15(6-10-19)11-18(13(2)20)12-16(15)7-8-17(3)14(16)21/h4-12H2,1-3H3/t16-/m0/s1. The second-order valence-electron chi connectivity index (χ2n) is 7.51. The molecule has 3 saturated heterocycles. The van der Waals surface area contributed by atoms with E-state index in [9.17, 15) is 18.0 Å². The maximum Gasteiger partial charge on any atom is 0.231 e. The molecule has 1 atom stereocenters. The monoisotopic (exact) mass is 357 g/mol. The highest BCUT2D eigenvalue weighted by Gasteiger charge is 2.65. The molecule has 2 spiro atoms. The van der Waals surface area contributed by atoms with Crippen molar-refractivity contribution < 1.29 is 18.0 Å². The first-order chi connectivity index (χ1) is 11.2. The van der Waals surface area contributed by atoms with Crippen molar-refractivity contribution in [2.24, 2.45) is 10.8 Å². The number of fused-ring (bicyclic) bond motifs is 1. The van der Waals surface area contributed by atoms with Crippen molar-refractivity contribution in [1.82, 2.24) is 14.1 Å². The Bertz CT molecular complexity index is 654. The molecule has 0 aromatic rings. The van der Waals surface area contributed by atoms with Crippen LogP contribution in [0.3, 0.4) is 0 Å². The fraction of sp³-hybridized carbons (Fsp3) is 0.875. The molecule has 0 aromatic heterocycles. The molecule has 0 aromatic carbocycles. The average Bonchev–Trinajstić information content (AvgIpc) is 3.02. The van der Waals surface area contributed by atoms with Gasteiger partial charge in [0.15, 0.2) is 0 Å². The van der Waals surface area contributed by atoms with Crippen molar-refractivity contribution in [1.29, 1.82) is 0 Å². The summed E-state index contributed by atoms with van der Waals surface area (Å²) < 4.78 is 25.8. The van der Waals surface area contributed by atoms with Crippen LogP contribution in [0.1, 0.15) is 33.1 Å². The predicted octanol–water partition coefficient (Wildman–Crippen LogP) is 0.129. The molecule has 3 fully saturated rings. The molecule has 136 valence electrons. The Kier molecular flexibility index (Phi) is 4.19. The van der Waals surface area contributed by atoms with Crippen LogP contribution < -0.4 is 0 Å². The highest BCUT2D eigenvalue weighted by atomic mass is 32.2. The van der Waals surface area contributed by atoms with Gasteiger partial charge in [-0.2, -0.15) is 0 Å². The number of nitrogens with zero attached hydrogens (tertiary/aromatic N) is 3. The van der Waals surface area contributed by atoms with E-state index in [2.05, 4.69) is 0 Å². The number of hydrogen-bond acceptors (Lipinski definition) is 4. The first kappa shape index (κ1) is 17.7. The molecule has 24 heavy (non-hydrogen) atoms. The summed E-state index contributed by atoms with van der Waals surface area (Å²) in [6.07, 6.45) is 2.05. The summed E-state index contributed by atoms with van der Waals surface area (Å²) in [4.78, 5) is 28.5. The lowest BCUT2D eigenvalue weighted by Crippen LogP contribution is -2.53. The van der Waals surface area contributed by atoms with Gasteiger partial charge in [0, 0.05) is 52.1 Å². The zero-order valence-electron chi connectivity index (χ0n) is 14.7. The van der Waals surface area contributed by atoms with Gasteiger partial charge in [-0.05, 0) is 26.2 Å². The maximum atomic E-state index is 13.0. The van der Waals surface area contributed by atoms with Gasteiger partial charge in [-0.25, -0.2) is 12.7 Å². The van der Waals surface area contributed by atoms with Gasteiger partial charge in [0.2, 0.25) is 21.8 Å². The molecule has 3 heterocycles. The Hall–Kier alpha value is -1.15. The van der Waals surface area contributed by atoms with Crippen LogP contribution in [-0.2, 0) is 19.6 Å². The number of piperidine rings is 1. The van der Waals surface area contributed by atoms with E-state index in [0.29, 0.717) is 45.6 Å². The van der Waals surface area contributed by atoms with E-state index in [1.165, 1.54) is 0 Å². The number of sulfonamides is 1. The van der Waals surface area contributed by atoms with E-state index in [1.807, 2.05) is 7.05 Å². The third-order valence-electron chi connectivity index (χ3n) is 6.48. The molecule has 0 aliphatic carbocycles. The number of amides is 2. The third-order valence-corrected chi connectivity index (χ3v) is 8.36. The number of hydrogen-bond donors (Lipinski definition) is 0. The lowest BCUT2D eigenvalue weighted by molar-refractivity contribution is -0.140. The number of rotatable bonds is 2.